The van der Waals surface area contributed by atoms with Crippen LogP contribution in [0.15, 0.2) is 16.7 Å². The van der Waals surface area contributed by atoms with Gasteiger partial charge in [-0.05, 0) is 55.2 Å². The third-order valence-electron chi connectivity index (χ3n) is 3.61. The molecule has 2 heterocycles. The van der Waals surface area contributed by atoms with Gasteiger partial charge in [0.25, 0.3) is 0 Å². The molecule has 0 aromatic carbocycles. The number of aromatic nitrogens is 2. The van der Waals surface area contributed by atoms with E-state index in [2.05, 4.69) is 39.2 Å². The molecule has 1 aliphatic carbocycles. The van der Waals surface area contributed by atoms with Crippen molar-refractivity contribution in [3.05, 3.63) is 32.9 Å². The summed E-state index contributed by atoms with van der Waals surface area (Å²) in [5.41, 5.74) is 2.47. The monoisotopic (exact) mass is 337 g/mol. The van der Waals surface area contributed by atoms with Gasteiger partial charge in [0.05, 0.1) is 4.88 Å². The Bertz CT molecular complexity index is 589. The third kappa shape index (κ3) is 2.47. The summed E-state index contributed by atoms with van der Waals surface area (Å²) in [5, 5.41) is 3.35. The van der Waals surface area contributed by atoms with E-state index in [4.69, 9.17) is 4.98 Å². The molecule has 0 aliphatic heterocycles. The maximum atomic E-state index is 4.77. The molecule has 0 saturated carbocycles. The van der Waals surface area contributed by atoms with Crippen molar-refractivity contribution in [3.8, 4) is 10.7 Å². The van der Waals surface area contributed by atoms with E-state index in [1.165, 1.54) is 29.0 Å². The van der Waals surface area contributed by atoms with Gasteiger partial charge in [-0.1, -0.05) is 0 Å². The topological polar surface area (TPSA) is 37.8 Å². The summed E-state index contributed by atoms with van der Waals surface area (Å²) in [6.07, 6.45) is 5.44. The van der Waals surface area contributed by atoms with Crippen LogP contribution in [0.5, 0.6) is 0 Å². The number of hydrogen-bond donors (Lipinski definition) is 1. The molecule has 1 atom stereocenters. The SMILES string of the molecule is CNC1CCCc2nc(-c3cc(Br)c(C)s3)ncc21. The van der Waals surface area contributed by atoms with Gasteiger partial charge in [-0.25, -0.2) is 9.97 Å². The van der Waals surface area contributed by atoms with Gasteiger partial charge in [-0.3, -0.25) is 0 Å². The second kappa shape index (κ2) is 5.31. The number of nitrogens with zero attached hydrogens (tertiary/aromatic N) is 2. The molecule has 100 valence electrons. The fourth-order valence-corrected chi connectivity index (χ4v) is 4.01. The summed E-state index contributed by atoms with van der Waals surface area (Å²) >= 11 is 5.29. The van der Waals surface area contributed by atoms with Crippen LogP contribution >= 0.6 is 27.3 Å². The van der Waals surface area contributed by atoms with Crippen LogP contribution in [-0.4, -0.2) is 17.0 Å². The molecular formula is C14H16BrN3S. The highest BCUT2D eigenvalue weighted by Gasteiger charge is 2.21. The number of halogens is 1. The molecule has 0 amide bonds. The largest absolute Gasteiger partial charge is 0.313 e. The van der Waals surface area contributed by atoms with Gasteiger partial charge in [0, 0.05) is 32.8 Å². The Morgan fingerprint density at radius 1 is 1.47 bits per heavy atom. The molecule has 1 aliphatic rings. The normalized spacial score (nSPS) is 18.4. The summed E-state index contributed by atoms with van der Waals surface area (Å²) in [4.78, 5) is 11.7. The first-order valence-corrected chi connectivity index (χ1v) is 8.09. The average molecular weight is 338 g/mol. The van der Waals surface area contributed by atoms with Gasteiger partial charge in [-0.2, -0.15) is 0 Å². The summed E-state index contributed by atoms with van der Waals surface area (Å²) in [5.74, 6) is 0.856. The van der Waals surface area contributed by atoms with Crippen LogP contribution in [0, 0.1) is 6.92 Å². The summed E-state index contributed by atoms with van der Waals surface area (Å²) < 4.78 is 1.14. The standard InChI is InChI=1S/C14H16BrN3S/c1-8-10(15)6-13(19-8)14-17-7-9-11(16-2)4-3-5-12(9)18-14/h6-7,11,16H,3-5H2,1-2H3. The number of aryl methyl sites for hydroxylation is 2. The predicted molar refractivity (Wildman–Crippen MR) is 82.5 cm³/mol. The van der Waals surface area contributed by atoms with Gasteiger partial charge >= 0.3 is 0 Å². The highest BCUT2D eigenvalue weighted by atomic mass is 79.9. The van der Waals surface area contributed by atoms with Gasteiger partial charge in [0.1, 0.15) is 0 Å². The van der Waals surface area contributed by atoms with Crippen LogP contribution in [0.25, 0.3) is 10.7 Å². The van der Waals surface area contributed by atoms with Gasteiger partial charge in [0.2, 0.25) is 0 Å². The number of thiophene rings is 1. The minimum Gasteiger partial charge on any atom is -0.313 e. The molecule has 3 nitrogen and oxygen atoms in total. The van der Waals surface area contributed by atoms with Crippen molar-refractivity contribution in [2.45, 2.75) is 32.2 Å². The lowest BCUT2D eigenvalue weighted by Crippen LogP contribution is -2.22. The second-order valence-electron chi connectivity index (χ2n) is 4.84. The highest BCUT2D eigenvalue weighted by Crippen LogP contribution is 2.34. The number of rotatable bonds is 2. The van der Waals surface area contributed by atoms with E-state index in [1.54, 1.807) is 11.3 Å². The zero-order chi connectivity index (χ0) is 13.4. The van der Waals surface area contributed by atoms with Gasteiger partial charge in [0.15, 0.2) is 5.82 Å². The van der Waals surface area contributed by atoms with Crippen molar-refractivity contribution in [2.75, 3.05) is 7.05 Å². The zero-order valence-corrected chi connectivity index (χ0v) is 13.4. The van der Waals surface area contributed by atoms with Gasteiger partial charge in [-0.15, -0.1) is 11.3 Å². The lowest BCUT2D eigenvalue weighted by Gasteiger charge is -2.23. The number of nitrogens with one attached hydrogen (secondary N) is 1. The van der Waals surface area contributed by atoms with Crippen LogP contribution in [0.2, 0.25) is 0 Å². The Balaban J connectivity index is 2.01. The predicted octanol–water partition coefficient (Wildman–Crippen LogP) is 3.87. The van der Waals surface area contributed by atoms with Crippen molar-refractivity contribution < 1.29 is 0 Å². The van der Waals surface area contributed by atoms with E-state index < -0.39 is 0 Å². The Kier molecular flexibility index (Phi) is 3.69. The maximum Gasteiger partial charge on any atom is 0.169 e. The first-order valence-electron chi connectivity index (χ1n) is 6.48. The average Bonchev–Trinajstić information content (AvgIpc) is 2.77. The van der Waals surface area contributed by atoms with E-state index >= 15 is 0 Å². The molecule has 1 N–H and O–H groups in total. The Labute approximate surface area is 125 Å². The molecule has 2 aromatic rings. The van der Waals surface area contributed by atoms with Crippen molar-refractivity contribution in [1.29, 1.82) is 0 Å². The van der Waals surface area contributed by atoms with Crippen molar-refractivity contribution in [3.63, 3.8) is 0 Å². The van der Waals surface area contributed by atoms with E-state index in [0.717, 1.165) is 21.6 Å². The molecule has 5 heteroatoms. The molecular weight excluding hydrogens is 322 g/mol. The lowest BCUT2D eigenvalue weighted by molar-refractivity contribution is 0.488. The van der Waals surface area contributed by atoms with Crippen LogP contribution in [0.3, 0.4) is 0 Å². The van der Waals surface area contributed by atoms with E-state index in [1.807, 2.05) is 13.2 Å². The summed E-state index contributed by atoms with van der Waals surface area (Å²) in [6.45, 7) is 2.10. The quantitative estimate of drug-likeness (QED) is 0.903. The second-order valence-corrected chi connectivity index (χ2v) is 6.95. The first kappa shape index (κ1) is 13.2. The Morgan fingerprint density at radius 2 is 2.32 bits per heavy atom. The fraction of sp³-hybridized carbons (Fsp3) is 0.429. The Hall–Kier alpha value is -0.780. The first-order chi connectivity index (χ1) is 9.19. The van der Waals surface area contributed by atoms with Gasteiger partial charge < -0.3 is 5.32 Å². The minimum atomic E-state index is 0.412. The highest BCUT2D eigenvalue weighted by molar-refractivity contribution is 9.10. The molecule has 0 spiro atoms. The molecule has 0 radical (unpaired) electrons. The van der Waals surface area contributed by atoms with Crippen LogP contribution in [0.4, 0.5) is 0 Å². The zero-order valence-electron chi connectivity index (χ0n) is 11.0. The van der Waals surface area contributed by atoms with Crippen LogP contribution in [-0.2, 0) is 6.42 Å². The number of hydrogen-bond acceptors (Lipinski definition) is 4. The molecule has 0 fully saturated rings. The van der Waals surface area contributed by atoms with Crippen molar-refractivity contribution in [1.82, 2.24) is 15.3 Å². The summed E-state index contributed by atoms with van der Waals surface area (Å²) in [7, 11) is 2.01. The van der Waals surface area contributed by atoms with E-state index in [-0.39, 0.29) is 0 Å². The molecule has 19 heavy (non-hydrogen) atoms. The number of fused-ring (bicyclic) bond motifs is 1. The maximum absolute atomic E-state index is 4.77. The lowest BCUT2D eigenvalue weighted by atomic mass is 9.92. The summed E-state index contributed by atoms with van der Waals surface area (Å²) in [6, 6.07) is 2.52. The van der Waals surface area contributed by atoms with Crippen LogP contribution < -0.4 is 5.32 Å². The minimum absolute atomic E-state index is 0.412. The molecule has 0 bridgehead atoms. The smallest absolute Gasteiger partial charge is 0.169 e. The third-order valence-corrected chi connectivity index (χ3v) is 5.74. The van der Waals surface area contributed by atoms with E-state index in [9.17, 15) is 0 Å². The van der Waals surface area contributed by atoms with Crippen molar-refractivity contribution >= 4 is 27.3 Å². The molecule has 0 saturated heterocycles. The fourth-order valence-electron chi connectivity index (χ4n) is 2.54. The van der Waals surface area contributed by atoms with Crippen molar-refractivity contribution in [2.24, 2.45) is 0 Å². The Morgan fingerprint density at radius 3 is 3.00 bits per heavy atom. The molecule has 2 aromatic heterocycles. The van der Waals surface area contributed by atoms with E-state index in [0.29, 0.717) is 6.04 Å². The molecule has 3 rings (SSSR count). The van der Waals surface area contributed by atoms with Crippen LogP contribution in [0.1, 0.15) is 35.0 Å². The molecule has 1 unspecified atom stereocenters.